The quantitative estimate of drug-likeness (QED) is 0.820. The first kappa shape index (κ1) is 12.6. The van der Waals surface area contributed by atoms with Gasteiger partial charge in [0.1, 0.15) is 0 Å². The van der Waals surface area contributed by atoms with Gasteiger partial charge in [0.05, 0.1) is 18.4 Å². The molecule has 2 N–H and O–H groups in total. The van der Waals surface area contributed by atoms with Crippen molar-refractivity contribution in [1.29, 1.82) is 0 Å². The van der Waals surface area contributed by atoms with Crippen LogP contribution < -0.4 is 10.6 Å². The first-order chi connectivity index (χ1) is 7.38. The predicted octanol–water partition coefficient (Wildman–Crippen LogP) is 1.55. The molecule has 1 aromatic rings. The van der Waals surface area contributed by atoms with Gasteiger partial charge in [-0.2, -0.15) is 0 Å². The number of carbonyl (C=O) groups excluding carboxylic acids is 1. The lowest BCUT2D eigenvalue weighted by molar-refractivity contribution is -0.115. The van der Waals surface area contributed by atoms with E-state index in [0.717, 1.165) is 6.20 Å². The van der Waals surface area contributed by atoms with Crippen molar-refractivity contribution in [3.05, 3.63) is 24.3 Å². The molecule has 0 fully saturated rings. The largest absolute Gasteiger partial charge is 0.322 e. The normalized spacial score (nSPS) is 11.2. The summed E-state index contributed by atoms with van der Waals surface area (Å²) in [5.41, 5.74) is 0.00409. The molecule has 16 heavy (non-hydrogen) atoms. The first-order valence-corrected chi connectivity index (χ1v) is 5.03. The van der Waals surface area contributed by atoms with Crippen molar-refractivity contribution in [3.8, 4) is 0 Å². The molecule has 0 aliphatic rings. The number of aromatic nitrogens is 1. The zero-order valence-corrected chi connectivity index (χ0v) is 9.67. The van der Waals surface area contributed by atoms with Gasteiger partial charge in [-0.05, 0) is 26.8 Å². The molecule has 1 rings (SSSR count). The van der Waals surface area contributed by atoms with Gasteiger partial charge in [0.25, 0.3) is 0 Å². The van der Waals surface area contributed by atoms with Gasteiger partial charge in [0.15, 0.2) is 5.82 Å². The third-order valence-corrected chi connectivity index (χ3v) is 1.83. The zero-order valence-electron chi connectivity index (χ0n) is 9.67. The number of amides is 1. The molecule has 0 atom stereocenters. The van der Waals surface area contributed by atoms with E-state index in [-0.39, 0.29) is 23.7 Å². The van der Waals surface area contributed by atoms with Crippen molar-refractivity contribution in [1.82, 2.24) is 10.3 Å². The Hall–Kier alpha value is -1.49. The van der Waals surface area contributed by atoms with Crippen molar-refractivity contribution in [2.75, 3.05) is 11.9 Å². The van der Waals surface area contributed by atoms with Gasteiger partial charge >= 0.3 is 0 Å². The minimum absolute atomic E-state index is 0.144. The summed E-state index contributed by atoms with van der Waals surface area (Å²) in [5.74, 6) is -0.813. The molecule has 0 aromatic carbocycles. The minimum atomic E-state index is -0.536. The Balaban J connectivity index is 2.50. The van der Waals surface area contributed by atoms with Crippen LogP contribution in [0, 0.1) is 5.82 Å². The molecule has 1 heterocycles. The summed E-state index contributed by atoms with van der Waals surface area (Å²) in [6, 6.07) is 1.42. The van der Waals surface area contributed by atoms with E-state index in [0.29, 0.717) is 0 Å². The summed E-state index contributed by atoms with van der Waals surface area (Å²) >= 11 is 0. The standard InChI is InChI=1S/C11H16FN3O/c1-11(2,3)14-7-10(16)15-9-4-5-13-6-8(9)12/h4-6,14H,7H2,1-3H3,(H,13,15,16). The summed E-state index contributed by atoms with van der Waals surface area (Å²) in [6.45, 7) is 6.00. The van der Waals surface area contributed by atoms with Crippen molar-refractivity contribution < 1.29 is 9.18 Å². The molecule has 0 saturated heterocycles. The van der Waals surface area contributed by atoms with Gasteiger partial charge in [-0.3, -0.25) is 9.78 Å². The molecule has 0 aliphatic heterocycles. The van der Waals surface area contributed by atoms with Gasteiger partial charge < -0.3 is 10.6 Å². The van der Waals surface area contributed by atoms with Crippen molar-refractivity contribution in [3.63, 3.8) is 0 Å². The molecular weight excluding hydrogens is 209 g/mol. The van der Waals surface area contributed by atoms with Gasteiger partial charge in [0, 0.05) is 11.7 Å². The summed E-state index contributed by atoms with van der Waals surface area (Å²) in [4.78, 5) is 15.0. The van der Waals surface area contributed by atoms with Crippen LogP contribution in [0.3, 0.4) is 0 Å². The molecule has 0 unspecified atom stereocenters. The molecule has 0 saturated carbocycles. The Kier molecular flexibility index (Phi) is 3.95. The lowest BCUT2D eigenvalue weighted by atomic mass is 10.1. The molecular formula is C11H16FN3O. The maximum Gasteiger partial charge on any atom is 0.238 e. The van der Waals surface area contributed by atoms with Crippen LogP contribution in [0.15, 0.2) is 18.5 Å². The van der Waals surface area contributed by atoms with Gasteiger partial charge in [-0.15, -0.1) is 0 Å². The highest BCUT2D eigenvalue weighted by Gasteiger charge is 2.12. The number of nitrogens with zero attached hydrogens (tertiary/aromatic N) is 1. The number of hydrogen-bond donors (Lipinski definition) is 2. The van der Waals surface area contributed by atoms with Crippen LogP contribution in [0.1, 0.15) is 20.8 Å². The Morgan fingerprint density at radius 1 is 1.50 bits per heavy atom. The third kappa shape index (κ3) is 4.35. The van der Waals surface area contributed by atoms with Crippen LogP contribution in [0.4, 0.5) is 10.1 Å². The number of rotatable bonds is 3. The Morgan fingerprint density at radius 2 is 2.19 bits per heavy atom. The van der Waals surface area contributed by atoms with E-state index in [4.69, 9.17) is 0 Å². The highest BCUT2D eigenvalue weighted by atomic mass is 19.1. The van der Waals surface area contributed by atoms with E-state index in [9.17, 15) is 9.18 Å². The molecule has 0 aliphatic carbocycles. The van der Waals surface area contributed by atoms with E-state index < -0.39 is 5.82 Å². The summed E-state index contributed by atoms with van der Waals surface area (Å²) in [7, 11) is 0. The minimum Gasteiger partial charge on any atom is -0.322 e. The smallest absolute Gasteiger partial charge is 0.238 e. The lowest BCUT2D eigenvalue weighted by Crippen LogP contribution is -2.41. The molecule has 0 radical (unpaired) electrons. The molecule has 5 heteroatoms. The van der Waals surface area contributed by atoms with E-state index in [2.05, 4.69) is 15.6 Å². The van der Waals surface area contributed by atoms with Crippen LogP contribution >= 0.6 is 0 Å². The molecule has 1 amide bonds. The van der Waals surface area contributed by atoms with Crippen molar-refractivity contribution in [2.24, 2.45) is 0 Å². The Bertz CT molecular complexity index is 374. The maximum absolute atomic E-state index is 13.1. The van der Waals surface area contributed by atoms with E-state index >= 15 is 0 Å². The second-order valence-corrected chi connectivity index (χ2v) is 4.51. The summed E-state index contributed by atoms with van der Waals surface area (Å²) in [6.07, 6.45) is 2.49. The molecule has 1 aromatic heterocycles. The number of nitrogens with one attached hydrogen (secondary N) is 2. The topological polar surface area (TPSA) is 54.0 Å². The van der Waals surface area contributed by atoms with E-state index in [1.165, 1.54) is 12.3 Å². The zero-order chi connectivity index (χ0) is 12.2. The number of halogens is 1. The fourth-order valence-electron chi connectivity index (χ4n) is 1.02. The lowest BCUT2D eigenvalue weighted by Gasteiger charge is -2.20. The fraction of sp³-hybridized carbons (Fsp3) is 0.455. The first-order valence-electron chi connectivity index (χ1n) is 5.03. The van der Waals surface area contributed by atoms with Crippen LogP contribution in [0.25, 0.3) is 0 Å². The van der Waals surface area contributed by atoms with Crippen LogP contribution in [-0.2, 0) is 4.79 Å². The molecule has 0 spiro atoms. The fourth-order valence-corrected chi connectivity index (χ4v) is 1.02. The maximum atomic E-state index is 13.1. The Morgan fingerprint density at radius 3 is 2.75 bits per heavy atom. The summed E-state index contributed by atoms with van der Waals surface area (Å²) in [5, 5.41) is 5.48. The number of hydrogen-bond acceptors (Lipinski definition) is 3. The number of anilines is 1. The summed E-state index contributed by atoms with van der Waals surface area (Å²) < 4.78 is 13.1. The number of pyridine rings is 1. The number of carbonyl (C=O) groups is 1. The molecule has 0 bridgehead atoms. The van der Waals surface area contributed by atoms with Crippen LogP contribution in [0.2, 0.25) is 0 Å². The second kappa shape index (κ2) is 5.03. The van der Waals surface area contributed by atoms with E-state index in [1.807, 2.05) is 20.8 Å². The van der Waals surface area contributed by atoms with Crippen LogP contribution in [-0.4, -0.2) is 23.0 Å². The highest BCUT2D eigenvalue weighted by Crippen LogP contribution is 2.10. The van der Waals surface area contributed by atoms with Crippen molar-refractivity contribution >= 4 is 11.6 Å². The highest BCUT2D eigenvalue weighted by molar-refractivity contribution is 5.92. The second-order valence-electron chi connectivity index (χ2n) is 4.51. The van der Waals surface area contributed by atoms with Crippen LogP contribution in [0.5, 0.6) is 0 Å². The predicted molar refractivity (Wildman–Crippen MR) is 60.6 cm³/mol. The van der Waals surface area contributed by atoms with Crippen molar-refractivity contribution in [2.45, 2.75) is 26.3 Å². The third-order valence-electron chi connectivity index (χ3n) is 1.83. The Labute approximate surface area is 94.3 Å². The van der Waals surface area contributed by atoms with Gasteiger partial charge in [-0.25, -0.2) is 4.39 Å². The van der Waals surface area contributed by atoms with E-state index in [1.54, 1.807) is 0 Å². The SMILES string of the molecule is CC(C)(C)NCC(=O)Nc1ccncc1F. The van der Waals surface area contributed by atoms with Gasteiger partial charge in [0.2, 0.25) is 5.91 Å². The molecule has 4 nitrogen and oxygen atoms in total. The average Bonchev–Trinajstić information content (AvgIpc) is 2.18. The molecule has 88 valence electrons. The average molecular weight is 225 g/mol. The van der Waals surface area contributed by atoms with Gasteiger partial charge in [-0.1, -0.05) is 0 Å². The monoisotopic (exact) mass is 225 g/mol.